The minimum atomic E-state index is -0.297. The van der Waals surface area contributed by atoms with E-state index in [1.165, 1.54) is 0 Å². The Hall–Kier alpha value is -7.18. The van der Waals surface area contributed by atoms with E-state index in [1.807, 2.05) is 158 Å². The molecule has 0 atom stereocenters. The van der Waals surface area contributed by atoms with Crippen molar-refractivity contribution >= 4 is 44.7 Å². The number of benzene rings is 8. The van der Waals surface area contributed by atoms with Gasteiger partial charge >= 0.3 is 0 Å². The van der Waals surface area contributed by atoms with Crippen molar-refractivity contribution in [3.63, 3.8) is 0 Å². The summed E-state index contributed by atoms with van der Waals surface area (Å²) in [6, 6.07) is 58.1. The topological polar surface area (TPSA) is 76.7 Å². The normalized spacial score (nSPS) is 11.2. The van der Waals surface area contributed by atoms with Crippen molar-refractivity contribution in [3.05, 3.63) is 204 Å². The van der Waals surface area contributed by atoms with Gasteiger partial charge in [0.1, 0.15) is 23.0 Å². The van der Waals surface area contributed by atoms with Crippen LogP contribution in [0.4, 0.5) is 11.4 Å². The lowest BCUT2D eigenvalue weighted by atomic mass is 9.78. The van der Waals surface area contributed by atoms with Crippen molar-refractivity contribution in [3.8, 4) is 23.0 Å². The summed E-state index contributed by atoms with van der Waals surface area (Å²) in [7, 11) is 0. The molecule has 0 bridgehead atoms. The van der Waals surface area contributed by atoms with Crippen LogP contribution in [0.15, 0.2) is 182 Å². The molecule has 0 aromatic heterocycles. The summed E-state index contributed by atoms with van der Waals surface area (Å²) in [6.45, 7) is 4.37. The van der Waals surface area contributed by atoms with Crippen molar-refractivity contribution in [2.24, 2.45) is 0 Å². The molecule has 2 N–H and O–H groups in total. The van der Waals surface area contributed by atoms with E-state index in [-0.39, 0.29) is 17.2 Å². The molecule has 0 aliphatic heterocycles. The molecule has 6 heteroatoms. The maximum Gasteiger partial charge on any atom is 0.256 e. The number of rotatable bonds is 10. The van der Waals surface area contributed by atoms with Gasteiger partial charge in [0, 0.05) is 40.0 Å². The molecule has 55 heavy (non-hydrogen) atoms. The van der Waals surface area contributed by atoms with Gasteiger partial charge in [0.2, 0.25) is 0 Å². The van der Waals surface area contributed by atoms with E-state index in [9.17, 15) is 9.59 Å². The van der Waals surface area contributed by atoms with E-state index in [1.54, 1.807) is 0 Å². The third-order valence-corrected chi connectivity index (χ3v) is 9.88. The van der Waals surface area contributed by atoms with Gasteiger partial charge in [0.05, 0.1) is 0 Å². The molecule has 0 fully saturated rings. The first-order valence-electron chi connectivity index (χ1n) is 18.2. The maximum atomic E-state index is 13.2. The van der Waals surface area contributed by atoms with Crippen LogP contribution in [0.1, 0.15) is 45.7 Å². The Balaban J connectivity index is 0.897. The Labute approximate surface area is 320 Å². The molecule has 0 heterocycles. The molecule has 0 unspecified atom stereocenters. The van der Waals surface area contributed by atoms with E-state index in [0.717, 1.165) is 32.7 Å². The first kappa shape index (κ1) is 34.9. The van der Waals surface area contributed by atoms with Crippen LogP contribution in [-0.4, -0.2) is 11.8 Å². The SMILES string of the molecule is CC(C)(c1ccc(Oc2cccc(NC(=O)c3cccc4ccccc34)c2)cc1)c1ccc(Oc2cccc(NC(=O)c3cccc4ccccc34)c2)cc1. The monoisotopic (exact) mass is 718 g/mol. The summed E-state index contributed by atoms with van der Waals surface area (Å²) in [4.78, 5) is 26.4. The molecule has 8 aromatic rings. The molecule has 0 radical (unpaired) electrons. The Morgan fingerprint density at radius 3 is 1.24 bits per heavy atom. The van der Waals surface area contributed by atoms with Crippen molar-refractivity contribution in [2.75, 3.05) is 10.6 Å². The number of hydrogen-bond acceptors (Lipinski definition) is 4. The highest BCUT2D eigenvalue weighted by atomic mass is 16.5. The van der Waals surface area contributed by atoms with E-state index >= 15 is 0 Å². The van der Waals surface area contributed by atoms with Crippen molar-refractivity contribution < 1.29 is 19.1 Å². The fourth-order valence-electron chi connectivity index (χ4n) is 6.84. The standard InChI is InChI=1S/C49H38N2O4/c1-49(2,35-23-27-39(28-24-35)54-41-17-9-15-37(31-41)50-47(52)45-21-7-13-33-11-3-5-19-43(33)45)36-25-29-40(30-26-36)55-42-18-10-16-38(32-42)51-48(53)46-22-8-14-34-12-4-6-20-44(34)46/h3-32H,1-2H3,(H,50,52)(H,51,53). The van der Waals surface area contributed by atoms with Crippen LogP contribution < -0.4 is 20.1 Å². The first-order chi connectivity index (χ1) is 26.8. The fourth-order valence-corrected chi connectivity index (χ4v) is 6.84. The molecule has 8 aromatic carbocycles. The van der Waals surface area contributed by atoms with Gasteiger partial charge in [-0.1, -0.05) is 123 Å². The number of ether oxygens (including phenoxy) is 2. The summed E-state index contributed by atoms with van der Waals surface area (Å²) >= 11 is 0. The fraction of sp³-hybridized carbons (Fsp3) is 0.0612. The quantitative estimate of drug-likeness (QED) is 0.148. The maximum absolute atomic E-state index is 13.2. The zero-order chi connectivity index (χ0) is 37.8. The highest BCUT2D eigenvalue weighted by Gasteiger charge is 2.23. The molecule has 0 aliphatic rings. The van der Waals surface area contributed by atoms with Crippen molar-refractivity contribution in [1.29, 1.82) is 0 Å². The van der Waals surface area contributed by atoms with Crippen LogP contribution in [-0.2, 0) is 5.41 Å². The second-order valence-electron chi connectivity index (χ2n) is 13.9. The highest BCUT2D eigenvalue weighted by Crippen LogP contribution is 2.35. The molecular formula is C49H38N2O4. The summed E-state index contributed by atoms with van der Waals surface area (Å²) < 4.78 is 12.4. The number of carbonyl (C=O) groups is 2. The number of fused-ring (bicyclic) bond motifs is 2. The molecular weight excluding hydrogens is 681 g/mol. The lowest BCUT2D eigenvalue weighted by Gasteiger charge is -2.26. The molecule has 6 nitrogen and oxygen atoms in total. The third-order valence-electron chi connectivity index (χ3n) is 9.88. The largest absolute Gasteiger partial charge is 0.457 e. The van der Waals surface area contributed by atoms with Crippen LogP contribution in [0, 0.1) is 0 Å². The number of amides is 2. The van der Waals surface area contributed by atoms with Gasteiger partial charge < -0.3 is 20.1 Å². The zero-order valence-electron chi connectivity index (χ0n) is 30.5. The van der Waals surface area contributed by atoms with Crippen LogP contribution in [0.25, 0.3) is 21.5 Å². The van der Waals surface area contributed by atoms with Crippen LogP contribution >= 0.6 is 0 Å². The van der Waals surface area contributed by atoms with Gasteiger partial charge in [0.15, 0.2) is 0 Å². The summed E-state index contributed by atoms with van der Waals surface area (Å²) in [5.41, 5.74) is 4.49. The van der Waals surface area contributed by atoms with Gasteiger partial charge in [0.25, 0.3) is 11.8 Å². The molecule has 2 amide bonds. The Bertz CT molecular complexity index is 2470. The average molecular weight is 719 g/mol. The minimum absolute atomic E-state index is 0.173. The van der Waals surface area contributed by atoms with Gasteiger partial charge in [-0.2, -0.15) is 0 Å². The summed E-state index contributed by atoms with van der Waals surface area (Å²) in [5.74, 6) is 2.28. The Morgan fingerprint density at radius 2 is 0.800 bits per heavy atom. The zero-order valence-corrected chi connectivity index (χ0v) is 30.5. The lowest BCUT2D eigenvalue weighted by Crippen LogP contribution is -2.18. The Kier molecular flexibility index (Phi) is 9.54. The second kappa shape index (κ2) is 15.0. The number of nitrogens with one attached hydrogen (secondary N) is 2. The minimum Gasteiger partial charge on any atom is -0.457 e. The predicted octanol–water partition coefficient (Wildman–Crippen LogP) is 12.4. The molecule has 0 saturated carbocycles. The molecule has 0 aliphatic carbocycles. The molecule has 0 spiro atoms. The summed E-state index contributed by atoms with van der Waals surface area (Å²) in [5, 5.41) is 9.89. The third kappa shape index (κ3) is 7.66. The average Bonchev–Trinajstić information content (AvgIpc) is 3.21. The van der Waals surface area contributed by atoms with Crippen molar-refractivity contribution in [2.45, 2.75) is 19.3 Å². The van der Waals surface area contributed by atoms with Gasteiger partial charge in [-0.05, 0) is 93.3 Å². The van der Waals surface area contributed by atoms with E-state index in [2.05, 4.69) is 48.7 Å². The van der Waals surface area contributed by atoms with Gasteiger partial charge in [-0.3, -0.25) is 9.59 Å². The van der Waals surface area contributed by atoms with Crippen LogP contribution in [0.3, 0.4) is 0 Å². The van der Waals surface area contributed by atoms with Crippen LogP contribution in [0.2, 0.25) is 0 Å². The first-order valence-corrected chi connectivity index (χ1v) is 18.2. The van der Waals surface area contributed by atoms with Crippen LogP contribution in [0.5, 0.6) is 23.0 Å². The Morgan fingerprint density at radius 1 is 0.418 bits per heavy atom. The molecule has 0 saturated heterocycles. The number of anilines is 2. The smallest absolute Gasteiger partial charge is 0.256 e. The highest BCUT2D eigenvalue weighted by molar-refractivity contribution is 6.13. The number of carbonyl (C=O) groups excluding carboxylic acids is 2. The number of hydrogen-bond donors (Lipinski definition) is 2. The predicted molar refractivity (Wildman–Crippen MR) is 222 cm³/mol. The van der Waals surface area contributed by atoms with E-state index in [0.29, 0.717) is 45.5 Å². The van der Waals surface area contributed by atoms with Crippen molar-refractivity contribution in [1.82, 2.24) is 0 Å². The van der Waals surface area contributed by atoms with Gasteiger partial charge in [-0.15, -0.1) is 0 Å². The second-order valence-corrected chi connectivity index (χ2v) is 13.9. The van der Waals surface area contributed by atoms with E-state index in [4.69, 9.17) is 9.47 Å². The molecule has 8 rings (SSSR count). The van der Waals surface area contributed by atoms with E-state index < -0.39 is 0 Å². The summed E-state index contributed by atoms with van der Waals surface area (Å²) in [6.07, 6.45) is 0. The molecule has 268 valence electrons. The lowest BCUT2D eigenvalue weighted by molar-refractivity contribution is 0.102. The van der Waals surface area contributed by atoms with Gasteiger partial charge in [-0.25, -0.2) is 0 Å².